The SMILES string of the molecule is CCCCCCCCCCCCCCC(Cc1cc(CC)c(O)c(C(C)(C)C)c1)C(=O)O. The lowest BCUT2D eigenvalue weighted by Crippen LogP contribution is -2.18. The largest absolute Gasteiger partial charge is 0.507 e. The van der Waals surface area contributed by atoms with E-state index in [1.54, 1.807) is 0 Å². The van der Waals surface area contributed by atoms with Crippen molar-refractivity contribution in [2.75, 3.05) is 0 Å². The standard InChI is InChI=1S/C29H50O3/c1-6-8-9-10-11-12-13-14-15-16-17-18-19-25(28(31)32)21-23-20-24(7-2)27(30)26(22-23)29(3,4)5/h20,22,25,30H,6-19,21H2,1-5H3,(H,31,32). The van der Waals surface area contributed by atoms with Gasteiger partial charge in [-0.3, -0.25) is 4.79 Å². The van der Waals surface area contributed by atoms with Crippen LogP contribution in [0.2, 0.25) is 0 Å². The lowest BCUT2D eigenvalue weighted by atomic mass is 9.82. The van der Waals surface area contributed by atoms with Gasteiger partial charge in [-0.2, -0.15) is 0 Å². The number of carboxylic acid groups (broad SMARTS) is 1. The van der Waals surface area contributed by atoms with E-state index in [0.717, 1.165) is 42.4 Å². The van der Waals surface area contributed by atoms with Gasteiger partial charge in [-0.25, -0.2) is 0 Å². The minimum absolute atomic E-state index is 0.168. The van der Waals surface area contributed by atoms with Crippen molar-refractivity contribution in [3.63, 3.8) is 0 Å². The minimum atomic E-state index is -0.698. The molecule has 0 heterocycles. The van der Waals surface area contributed by atoms with Gasteiger partial charge in [-0.1, -0.05) is 124 Å². The number of carboxylic acids is 1. The lowest BCUT2D eigenvalue weighted by Gasteiger charge is -2.24. The van der Waals surface area contributed by atoms with E-state index in [0.29, 0.717) is 12.2 Å². The molecular weight excluding hydrogens is 396 g/mol. The van der Waals surface area contributed by atoms with E-state index < -0.39 is 5.97 Å². The number of phenols is 1. The summed E-state index contributed by atoms with van der Waals surface area (Å²) in [7, 11) is 0. The summed E-state index contributed by atoms with van der Waals surface area (Å²) in [6, 6.07) is 4.02. The maximum Gasteiger partial charge on any atom is 0.306 e. The molecule has 0 aliphatic heterocycles. The fraction of sp³-hybridized carbons (Fsp3) is 0.759. The number of phenolic OH excluding ortho intramolecular Hbond substituents is 1. The quantitative estimate of drug-likeness (QED) is 0.236. The first-order valence-corrected chi connectivity index (χ1v) is 13.3. The van der Waals surface area contributed by atoms with Crippen LogP contribution in [0, 0.1) is 5.92 Å². The molecule has 0 fully saturated rings. The zero-order chi connectivity index (χ0) is 24.0. The smallest absolute Gasteiger partial charge is 0.306 e. The summed E-state index contributed by atoms with van der Waals surface area (Å²) in [6.07, 6.45) is 17.5. The molecule has 0 radical (unpaired) electrons. The summed E-state index contributed by atoms with van der Waals surface area (Å²) >= 11 is 0. The molecule has 1 atom stereocenters. The van der Waals surface area contributed by atoms with Gasteiger partial charge in [0.25, 0.3) is 0 Å². The van der Waals surface area contributed by atoms with Crippen molar-refractivity contribution in [2.45, 2.75) is 136 Å². The molecule has 3 heteroatoms. The third-order valence-corrected chi connectivity index (χ3v) is 6.68. The summed E-state index contributed by atoms with van der Waals surface area (Å²) in [5.74, 6) is -0.673. The van der Waals surface area contributed by atoms with Gasteiger partial charge in [0.2, 0.25) is 0 Å². The zero-order valence-electron chi connectivity index (χ0n) is 21.6. The highest BCUT2D eigenvalue weighted by atomic mass is 16.4. The average Bonchev–Trinajstić information content (AvgIpc) is 2.73. The molecule has 0 aliphatic carbocycles. The number of carbonyl (C=O) groups is 1. The van der Waals surface area contributed by atoms with Crippen molar-refractivity contribution < 1.29 is 15.0 Å². The van der Waals surface area contributed by atoms with Crippen molar-refractivity contribution in [3.05, 3.63) is 28.8 Å². The highest BCUT2D eigenvalue weighted by Gasteiger charge is 2.23. The number of aryl methyl sites for hydroxylation is 1. The number of hydrogen-bond acceptors (Lipinski definition) is 2. The van der Waals surface area contributed by atoms with Crippen LogP contribution in [0.4, 0.5) is 0 Å². The van der Waals surface area contributed by atoms with Gasteiger partial charge >= 0.3 is 5.97 Å². The molecular formula is C29H50O3. The molecule has 1 aromatic rings. The Morgan fingerprint density at radius 2 is 1.34 bits per heavy atom. The van der Waals surface area contributed by atoms with Crippen LogP contribution in [-0.2, 0) is 23.1 Å². The number of unbranched alkanes of at least 4 members (excludes halogenated alkanes) is 11. The van der Waals surface area contributed by atoms with E-state index in [9.17, 15) is 15.0 Å². The molecule has 0 bridgehead atoms. The average molecular weight is 447 g/mol. The van der Waals surface area contributed by atoms with Gasteiger partial charge in [0.05, 0.1) is 5.92 Å². The van der Waals surface area contributed by atoms with Crippen LogP contribution >= 0.6 is 0 Å². The van der Waals surface area contributed by atoms with E-state index in [4.69, 9.17) is 0 Å². The number of rotatable bonds is 17. The summed E-state index contributed by atoms with van der Waals surface area (Å²) in [5.41, 5.74) is 2.71. The third kappa shape index (κ3) is 10.9. The van der Waals surface area contributed by atoms with Crippen molar-refractivity contribution >= 4 is 5.97 Å². The Balaban J connectivity index is 2.42. The normalized spacial score (nSPS) is 12.8. The molecule has 0 aliphatic rings. The van der Waals surface area contributed by atoms with Crippen LogP contribution in [-0.4, -0.2) is 16.2 Å². The summed E-state index contributed by atoms with van der Waals surface area (Å²) in [6.45, 7) is 10.6. The van der Waals surface area contributed by atoms with Crippen molar-refractivity contribution in [1.82, 2.24) is 0 Å². The summed E-state index contributed by atoms with van der Waals surface area (Å²) in [4.78, 5) is 11.9. The first-order chi connectivity index (χ1) is 15.2. The molecule has 0 saturated carbocycles. The number of hydrogen-bond donors (Lipinski definition) is 2. The number of aromatic hydroxyl groups is 1. The van der Waals surface area contributed by atoms with Crippen LogP contribution in [0.5, 0.6) is 5.75 Å². The van der Waals surface area contributed by atoms with Gasteiger partial charge in [-0.05, 0) is 41.4 Å². The molecule has 0 amide bonds. The topological polar surface area (TPSA) is 57.5 Å². The Hall–Kier alpha value is -1.51. The molecule has 2 N–H and O–H groups in total. The fourth-order valence-electron chi connectivity index (χ4n) is 4.55. The summed E-state index contributed by atoms with van der Waals surface area (Å²) < 4.78 is 0. The lowest BCUT2D eigenvalue weighted by molar-refractivity contribution is -0.142. The second-order valence-corrected chi connectivity index (χ2v) is 10.7. The third-order valence-electron chi connectivity index (χ3n) is 6.68. The zero-order valence-corrected chi connectivity index (χ0v) is 21.6. The first kappa shape index (κ1) is 28.5. The first-order valence-electron chi connectivity index (χ1n) is 13.3. The highest BCUT2D eigenvalue weighted by molar-refractivity contribution is 5.70. The molecule has 0 saturated heterocycles. The van der Waals surface area contributed by atoms with Crippen LogP contribution in [0.25, 0.3) is 0 Å². The predicted molar refractivity (Wildman–Crippen MR) is 137 cm³/mol. The van der Waals surface area contributed by atoms with Gasteiger partial charge in [-0.15, -0.1) is 0 Å². The van der Waals surface area contributed by atoms with Gasteiger partial charge < -0.3 is 10.2 Å². The van der Waals surface area contributed by atoms with Crippen LogP contribution < -0.4 is 0 Å². The van der Waals surface area contributed by atoms with Crippen molar-refractivity contribution in [3.8, 4) is 5.75 Å². The maximum absolute atomic E-state index is 11.9. The number of benzene rings is 1. The molecule has 32 heavy (non-hydrogen) atoms. The maximum atomic E-state index is 11.9. The molecule has 3 nitrogen and oxygen atoms in total. The molecule has 1 rings (SSSR count). The molecule has 0 aromatic heterocycles. The van der Waals surface area contributed by atoms with Crippen LogP contribution in [0.15, 0.2) is 12.1 Å². The minimum Gasteiger partial charge on any atom is -0.507 e. The Morgan fingerprint density at radius 3 is 1.78 bits per heavy atom. The Kier molecular flexibility index (Phi) is 13.7. The fourth-order valence-corrected chi connectivity index (χ4v) is 4.55. The van der Waals surface area contributed by atoms with Gasteiger partial charge in [0, 0.05) is 0 Å². The van der Waals surface area contributed by atoms with E-state index in [2.05, 4.69) is 27.7 Å². The Bertz CT molecular complexity index is 657. The Morgan fingerprint density at radius 1 is 0.844 bits per heavy atom. The van der Waals surface area contributed by atoms with E-state index in [-0.39, 0.29) is 11.3 Å². The monoisotopic (exact) mass is 446 g/mol. The number of aliphatic carboxylic acids is 1. The van der Waals surface area contributed by atoms with Crippen LogP contribution in [0.1, 0.15) is 135 Å². The van der Waals surface area contributed by atoms with E-state index in [1.807, 2.05) is 19.1 Å². The van der Waals surface area contributed by atoms with Gasteiger partial charge in [0.15, 0.2) is 0 Å². The molecule has 184 valence electrons. The van der Waals surface area contributed by atoms with E-state index in [1.165, 1.54) is 64.2 Å². The van der Waals surface area contributed by atoms with Crippen molar-refractivity contribution in [1.29, 1.82) is 0 Å². The molecule has 0 spiro atoms. The molecule has 1 unspecified atom stereocenters. The Labute approximate surface area is 198 Å². The van der Waals surface area contributed by atoms with E-state index >= 15 is 0 Å². The second kappa shape index (κ2) is 15.3. The van der Waals surface area contributed by atoms with Gasteiger partial charge in [0.1, 0.15) is 5.75 Å². The van der Waals surface area contributed by atoms with Crippen LogP contribution in [0.3, 0.4) is 0 Å². The second-order valence-electron chi connectivity index (χ2n) is 10.7. The predicted octanol–water partition coefficient (Wildman–Crippen LogP) is 8.59. The molecule has 1 aromatic carbocycles. The summed E-state index contributed by atoms with van der Waals surface area (Å²) in [5, 5.41) is 20.4. The highest BCUT2D eigenvalue weighted by Crippen LogP contribution is 2.35. The van der Waals surface area contributed by atoms with Crippen molar-refractivity contribution in [2.24, 2.45) is 5.92 Å².